The standard InChI is InChI=1S/C25H42O2/c1-20(2)10-7-11-21(3)14-9-15-24(6)25(27)17-16-22(4)12-8-13-23(5)18-19-26/h10,12,14,18,24,26H,7-9,11,13,15-17,19H2,1-6H3. The van der Waals surface area contributed by atoms with Gasteiger partial charge in [0.25, 0.3) is 0 Å². The first-order valence-electron chi connectivity index (χ1n) is 10.5. The van der Waals surface area contributed by atoms with Gasteiger partial charge >= 0.3 is 0 Å². The average molecular weight is 375 g/mol. The lowest BCUT2D eigenvalue weighted by Crippen LogP contribution is -2.10. The molecule has 154 valence electrons. The van der Waals surface area contributed by atoms with Crippen LogP contribution in [0.25, 0.3) is 0 Å². The summed E-state index contributed by atoms with van der Waals surface area (Å²) in [6, 6.07) is 0. The molecule has 0 amide bonds. The molecule has 0 aromatic heterocycles. The first-order valence-corrected chi connectivity index (χ1v) is 10.5. The summed E-state index contributed by atoms with van der Waals surface area (Å²) in [4.78, 5) is 12.3. The summed E-state index contributed by atoms with van der Waals surface area (Å²) in [5.41, 5.74) is 5.32. The van der Waals surface area contributed by atoms with E-state index in [1.807, 2.05) is 13.0 Å². The number of hydrogen-bond acceptors (Lipinski definition) is 2. The highest BCUT2D eigenvalue weighted by Gasteiger charge is 2.11. The van der Waals surface area contributed by atoms with Gasteiger partial charge in [-0.25, -0.2) is 0 Å². The summed E-state index contributed by atoms with van der Waals surface area (Å²) >= 11 is 0. The molecule has 0 aliphatic carbocycles. The maximum Gasteiger partial charge on any atom is 0.136 e. The first-order chi connectivity index (χ1) is 12.8. The van der Waals surface area contributed by atoms with E-state index in [0.29, 0.717) is 12.2 Å². The Morgan fingerprint density at radius 1 is 0.741 bits per heavy atom. The lowest BCUT2D eigenvalue weighted by molar-refractivity contribution is -0.122. The summed E-state index contributed by atoms with van der Waals surface area (Å²) < 4.78 is 0. The zero-order chi connectivity index (χ0) is 20.7. The molecular formula is C25H42O2. The average Bonchev–Trinajstić information content (AvgIpc) is 2.59. The van der Waals surface area contributed by atoms with Crippen LogP contribution in [0.5, 0.6) is 0 Å². The summed E-state index contributed by atoms with van der Waals surface area (Å²) in [6.45, 7) is 12.8. The molecule has 0 saturated carbocycles. The van der Waals surface area contributed by atoms with Crippen molar-refractivity contribution >= 4 is 5.78 Å². The van der Waals surface area contributed by atoms with Gasteiger partial charge < -0.3 is 5.11 Å². The van der Waals surface area contributed by atoms with E-state index in [2.05, 4.69) is 52.8 Å². The Labute approximate surface area is 168 Å². The van der Waals surface area contributed by atoms with Gasteiger partial charge in [-0.1, -0.05) is 53.5 Å². The van der Waals surface area contributed by atoms with Crippen LogP contribution in [-0.2, 0) is 4.79 Å². The molecule has 0 bridgehead atoms. The maximum atomic E-state index is 12.3. The second kappa shape index (κ2) is 15.6. The van der Waals surface area contributed by atoms with Crippen molar-refractivity contribution in [3.8, 4) is 0 Å². The van der Waals surface area contributed by atoms with Crippen molar-refractivity contribution in [1.82, 2.24) is 0 Å². The summed E-state index contributed by atoms with van der Waals surface area (Å²) in [5, 5.41) is 8.86. The minimum absolute atomic E-state index is 0.116. The highest BCUT2D eigenvalue weighted by Crippen LogP contribution is 2.16. The van der Waals surface area contributed by atoms with Crippen molar-refractivity contribution in [2.75, 3.05) is 6.61 Å². The molecule has 0 fully saturated rings. The topological polar surface area (TPSA) is 37.3 Å². The van der Waals surface area contributed by atoms with Gasteiger partial charge in [0, 0.05) is 12.3 Å². The van der Waals surface area contributed by atoms with E-state index in [9.17, 15) is 4.79 Å². The van der Waals surface area contributed by atoms with Crippen molar-refractivity contribution in [3.63, 3.8) is 0 Å². The fourth-order valence-electron chi connectivity index (χ4n) is 2.90. The number of hydrogen-bond donors (Lipinski definition) is 1. The first kappa shape index (κ1) is 25.6. The SMILES string of the molecule is CC(C)=CCCC(C)=CCCC(C)C(=O)CCC(C)=CCCC(C)=CCO. The van der Waals surface area contributed by atoms with Gasteiger partial charge in [0.1, 0.15) is 5.78 Å². The summed E-state index contributed by atoms with van der Waals surface area (Å²) in [5.74, 6) is 0.532. The van der Waals surface area contributed by atoms with Crippen LogP contribution in [0.3, 0.4) is 0 Å². The zero-order valence-corrected chi connectivity index (χ0v) is 18.6. The lowest BCUT2D eigenvalue weighted by Gasteiger charge is -2.10. The van der Waals surface area contributed by atoms with Crippen molar-refractivity contribution in [2.24, 2.45) is 5.92 Å². The molecule has 2 heteroatoms. The molecule has 1 unspecified atom stereocenters. The van der Waals surface area contributed by atoms with Gasteiger partial charge in [-0.2, -0.15) is 0 Å². The van der Waals surface area contributed by atoms with Crippen molar-refractivity contribution in [2.45, 2.75) is 92.9 Å². The van der Waals surface area contributed by atoms with E-state index >= 15 is 0 Å². The molecule has 2 nitrogen and oxygen atoms in total. The number of rotatable bonds is 14. The maximum absolute atomic E-state index is 12.3. The van der Waals surface area contributed by atoms with Crippen molar-refractivity contribution in [1.29, 1.82) is 0 Å². The molecule has 0 heterocycles. The Kier molecular flexibility index (Phi) is 14.8. The number of ketones is 1. The van der Waals surface area contributed by atoms with E-state index in [0.717, 1.165) is 44.9 Å². The molecule has 0 aliphatic rings. The number of carbonyl (C=O) groups is 1. The second-order valence-corrected chi connectivity index (χ2v) is 8.14. The van der Waals surface area contributed by atoms with Gasteiger partial charge in [0.15, 0.2) is 0 Å². The predicted octanol–water partition coefficient (Wildman–Crippen LogP) is 7.11. The number of aliphatic hydroxyl groups is 1. The Hall–Kier alpha value is -1.41. The molecule has 0 rings (SSSR count). The van der Waals surface area contributed by atoms with Crippen LogP contribution in [0.1, 0.15) is 92.9 Å². The van der Waals surface area contributed by atoms with Gasteiger partial charge in [-0.3, -0.25) is 4.79 Å². The summed E-state index contributed by atoms with van der Waals surface area (Å²) in [6.07, 6.45) is 16.3. The van der Waals surface area contributed by atoms with Crippen LogP contribution in [0.4, 0.5) is 0 Å². The molecule has 27 heavy (non-hydrogen) atoms. The van der Waals surface area contributed by atoms with Gasteiger partial charge in [0.2, 0.25) is 0 Å². The minimum Gasteiger partial charge on any atom is -0.392 e. The Bertz CT molecular complexity index is 543. The third-order valence-electron chi connectivity index (χ3n) is 4.97. The van der Waals surface area contributed by atoms with E-state index < -0.39 is 0 Å². The van der Waals surface area contributed by atoms with Crippen LogP contribution in [-0.4, -0.2) is 17.5 Å². The quantitative estimate of drug-likeness (QED) is 0.329. The molecule has 0 aromatic carbocycles. The van der Waals surface area contributed by atoms with E-state index in [1.54, 1.807) is 0 Å². The smallest absolute Gasteiger partial charge is 0.136 e. The lowest BCUT2D eigenvalue weighted by atomic mass is 9.95. The fourth-order valence-corrected chi connectivity index (χ4v) is 2.90. The number of aliphatic hydroxyl groups excluding tert-OH is 1. The normalized spacial score (nSPS) is 14.3. The zero-order valence-electron chi connectivity index (χ0n) is 18.6. The molecule has 0 aromatic rings. The monoisotopic (exact) mass is 374 g/mol. The molecule has 0 aliphatic heterocycles. The Morgan fingerprint density at radius 2 is 1.26 bits per heavy atom. The predicted molar refractivity (Wildman–Crippen MR) is 119 cm³/mol. The molecule has 1 N–H and O–H groups in total. The molecule has 0 radical (unpaired) electrons. The van der Waals surface area contributed by atoms with Crippen molar-refractivity contribution in [3.05, 3.63) is 46.6 Å². The van der Waals surface area contributed by atoms with E-state index in [1.165, 1.54) is 22.3 Å². The van der Waals surface area contributed by atoms with Crippen LogP contribution in [0.15, 0.2) is 46.6 Å². The molecule has 1 atom stereocenters. The van der Waals surface area contributed by atoms with Crippen LogP contribution >= 0.6 is 0 Å². The minimum atomic E-state index is 0.116. The second-order valence-electron chi connectivity index (χ2n) is 8.14. The Morgan fingerprint density at radius 3 is 1.85 bits per heavy atom. The largest absolute Gasteiger partial charge is 0.392 e. The highest BCUT2D eigenvalue weighted by molar-refractivity contribution is 5.80. The third-order valence-corrected chi connectivity index (χ3v) is 4.97. The van der Waals surface area contributed by atoms with Gasteiger partial charge in [0.05, 0.1) is 6.61 Å². The fraction of sp³-hybridized carbons (Fsp3) is 0.640. The Balaban J connectivity index is 4.10. The number of carbonyl (C=O) groups excluding carboxylic acids is 1. The van der Waals surface area contributed by atoms with Gasteiger partial charge in [-0.05, 0) is 79.6 Å². The molecule has 0 saturated heterocycles. The van der Waals surface area contributed by atoms with E-state index in [4.69, 9.17) is 5.11 Å². The van der Waals surface area contributed by atoms with Crippen LogP contribution in [0.2, 0.25) is 0 Å². The molecular weight excluding hydrogens is 332 g/mol. The van der Waals surface area contributed by atoms with E-state index in [-0.39, 0.29) is 12.5 Å². The van der Waals surface area contributed by atoms with Crippen molar-refractivity contribution < 1.29 is 9.90 Å². The number of Topliss-reactive ketones (excluding diaryl/α,β-unsaturated/α-hetero) is 1. The summed E-state index contributed by atoms with van der Waals surface area (Å²) in [7, 11) is 0. The van der Waals surface area contributed by atoms with Crippen LogP contribution < -0.4 is 0 Å². The van der Waals surface area contributed by atoms with Crippen LogP contribution in [0, 0.1) is 5.92 Å². The molecule has 0 spiro atoms. The number of allylic oxidation sites excluding steroid dienone is 7. The highest BCUT2D eigenvalue weighted by atomic mass is 16.2. The van der Waals surface area contributed by atoms with Gasteiger partial charge in [-0.15, -0.1) is 0 Å². The third kappa shape index (κ3) is 15.4.